The van der Waals surface area contributed by atoms with Crippen molar-refractivity contribution in [3.63, 3.8) is 0 Å². The van der Waals surface area contributed by atoms with Crippen LogP contribution in [0.4, 0.5) is 11.4 Å². The summed E-state index contributed by atoms with van der Waals surface area (Å²) in [6.07, 6.45) is 3.27. The Morgan fingerprint density at radius 3 is 2.56 bits per heavy atom. The number of carbonyl (C=O) groups is 1. The summed E-state index contributed by atoms with van der Waals surface area (Å²) in [6, 6.07) is 11.0. The molecule has 0 bridgehead atoms. The molecule has 1 aliphatic carbocycles. The zero-order valence-corrected chi connectivity index (χ0v) is 15.2. The van der Waals surface area contributed by atoms with Gasteiger partial charge in [-0.15, -0.1) is 0 Å². The maximum Gasteiger partial charge on any atom is 0.255 e. The van der Waals surface area contributed by atoms with E-state index in [1.807, 2.05) is 18.2 Å². The molecule has 2 aromatic carbocycles. The summed E-state index contributed by atoms with van der Waals surface area (Å²) in [7, 11) is -3.32. The molecule has 0 aromatic heterocycles. The third kappa shape index (κ3) is 4.02. The van der Waals surface area contributed by atoms with E-state index in [0.29, 0.717) is 16.9 Å². The molecule has 1 amide bonds. The zero-order chi connectivity index (χ0) is 18.0. The topological polar surface area (TPSA) is 75.3 Å². The third-order valence-electron chi connectivity index (χ3n) is 4.49. The van der Waals surface area contributed by atoms with Gasteiger partial charge in [0.15, 0.2) is 0 Å². The molecule has 2 N–H and O–H groups in total. The summed E-state index contributed by atoms with van der Waals surface area (Å²) in [6.45, 7) is 3.39. The molecule has 6 heteroatoms. The zero-order valence-electron chi connectivity index (χ0n) is 14.4. The fourth-order valence-electron chi connectivity index (χ4n) is 3.01. The van der Waals surface area contributed by atoms with Crippen molar-refractivity contribution in [2.45, 2.75) is 33.1 Å². The summed E-state index contributed by atoms with van der Waals surface area (Å²) < 4.78 is 25.9. The van der Waals surface area contributed by atoms with E-state index < -0.39 is 10.0 Å². The van der Waals surface area contributed by atoms with Crippen molar-refractivity contribution in [1.82, 2.24) is 0 Å². The lowest BCUT2D eigenvalue weighted by Gasteiger charge is -2.12. The van der Waals surface area contributed by atoms with E-state index in [1.165, 1.54) is 11.1 Å². The molecule has 0 unspecified atom stereocenters. The second-order valence-corrected chi connectivity index (χ2v) is 8.34. The van der Waals surface area contributed by atoms with Gasteiger partial charge in [-0.3, -0.25) is 9.52 Å². The second kappa shape index (κ2) is 6.88. The molecule has 3 rings (SSSR count). The third-order valence-corrected chi connectivity index (χ3v) is 5.78. The van der Waals surface area contributed by atoms with Crippen molar-refractivity contribution in [2.75, 3.05) is 15.8 Å². The lowest BCUT2D eigenvalue weighted by atomic mass is 10.1. The molecule has 0 radical (unpaired) electrons. The van der Waals surface area contributed by atoms with Gasteiger partial charge in [0.2, 0.25) is 10.0 Å². The van der Waals surface area contributed by atoms with Gasteiger partial charge in [-0.2, -0.15) is 0 Å². The molecular formula is C19H22N2O3S. The van der Waals surface area contributed by atoms with Gasteiger partial charge in [0.25, 0.3) is 5.91 Å². The van der Waals surface area contributed by atoms with Crippen LogP contribution in [-0.2, 0) is 22.9 Å². The minimum Gasteiger partial charge on any atom is -0.322 e. The Bertz CT molecular complexity index is 920. The monoisotopic (exact) mass is 358 g/mol. The normalized spacial score (nSPS) is 13.4. The highest BCUT2D eigenvalue weighted by Gasteiger charge is 2.15. The lowest BCUT2D eigenvalue weighted by Crippen LogP contribution is -2.16. The first-order valence-electron chi connectivity index (χ1n) is 8.42. The van der Waals surface area contributed by atoms with Crippen LogP contribution in [0.25, 0.3) is 0 Å². The highest BCUT2D eigenvalue weighted by molar-refractivity contribution is 7.92. The van der Waals surface area contributed by atoms with Gasteiger partial charge in [-0.05, 0) is 80.1 Å². The van der Waals surface area contributed by atoms with Gasteiger partial charge < -0.3 is 5.32 Å². The first-order chi connectivity index (χ1) is 11.9. The fraction of sp³-hybridized carbons (Fsp3) is 0.316. The Balaban J connectivity index is 1.74. The van der Waals surface area contributed by atoms with Crippen LogP contribution in [-0.4, -0.2) is 20.1 Å². The van der Waals surface area contributed by atoms with Crippen LogP contribution < -0.4 is 10.0 Å². The maximum absolute atomic E-state index is 12.5. The number of fused-ring (bicyclic) bond motifs is 1. The number of carbonyl (C=O) groups excluding carboxylic acids is 1. The maximum atomic E-state index is 12.5. The molecule has 2 aromatic rings. The summed E-state index contributed by atoms with van der Waals surface area (Å²) in [5.41, 5.74) is 5.16. The minimum atomic E-state index is -3.32. The summed E-state index contributed by atoms with van der Waals surface area (Å²) in [5.74, 6) is -0.139. The van der Waals surface area contributed by atoms with Gasteiger partial charge in [-0.1, -0.05) is 6.07 Å². The number of rotatable bonds is 5. The van der Waals surface area contributed by atoms with Crippen LogP contribution in [0.1, 0.15) is 40.4 Å². The van der Waals surface area contributed by atoms with Crippen LogP contribution in [0.2, 0.25) is 0 Å². The van der Waals surface area contributed by atoms with Crippen molar-refractivity contribution >= 4 is 27.3 Å². The summed E-state index contributed by atoms with van der Waals surface area (Å²) in [5, 5.41) is 2.88. The molecule has 0 aliphatic heterocycles. The largest absolute Gasteiger partial charge is 0.322 e. The van der Waals surface area contributed by atoms with Crippen LogP contribution in [0.15, 0.2) is 36.4 Å². The van der Waals surface area contributed by atoms with Crippen LogP contribution in [0.5, 0.6) is 0 Å². The van der Waals surface area contributed by atoms with E-state index in [2.05, 4.69) is 10.0 Å². The quantitative estimate of drug-likeness (QED) is 0.859. The number of benzene rings is 2. The van der Waals surface area contributed by atoms with E-state index in [1.54, 1.807) is 32.0 Å². The van der Waals surface area contributed by atoms with Crippen LogP contribution >= 0.6 is 0 Å². The highest BCUT2D eigenvalue weighted by atomic mass is 32.2. The lowest BCUT2D eigenvalue weighted by molar-refractivity contribution is 0.102. The number of hydrogen-bond donors (Lipinski definition) is 2. The Morgan fingerprint density at radius 2 is 1.84 bits per heavy atom. The standard InChI is InChI=1S/C19H22N2O3S/c1-3-25(23,24)21-18-10-9-17(11-13(18)2)20-19(22)16-8-7-14-5-4-6-15(14)12-16/h7-12,21H,3-6H2,1-2H3,(H,20,22). The average Bonchev–Trinajstić information content (AvgIpc) is 3.05. The number of amides is 1. The number of aryl methyl sites for hydroxylation is 3. The minimum absolute atomic E-state index is 0.0171. The van der Waals surface area contributed by atoms with E-state index >= 15 is 0 Å². The van der Waals surface area contributed by atoms with Gasteiger partial charge in [0.1, 0.15) is 0 Å². The molecular weight excluding hydrogens is 336 g/mol. The van der Waals surface area contributed by atoms with Gasteiger partial charge in [-0.25, -0.2) is 8.42 Å². The molecule has 1 aliphatic rings. The first kappa shape index (κ1) is 17.5. The molecule has 0 fully saturated rings. The van der Waals surface area contributed by atoms with E-state index in [-0.39, 0.29) is 11.7 Å². The van der Waals surface area contributed by atoms with Crippen LogP contribution in [0.3, 0.4) is 0 Å². The summed E-state index contributed by atoms with van der Waals surface area (Å²) >= 11 is 0. The molecule has 0 atom stereocenters. The fourth-order valence-corrected chi connectivity index (χ4v) is 3.72. The van der Waals surface area contributed by atoms with E-state index in [9.17, 15) is 13.2 Å². The number of anilines is 2. The predicted molar refractivity (Wildman–Crippen MR) is 101 cm³/mol. The molecule has 0 spiro atoms. The first-order valence-corrected chi connectivity index (χ1v) is 10.1. The Kier molecular flexibility index (Phi) is 4.81. The molecule has 132 valence electrons. The molecule has 25 heavy (non-hydrogen) atoms. The van der Waals surface area contributed by atoms with E-state index in [4.69, 9.17) is 0 Å². The number of sulfonamides is 1. The Hall–Kier alpha value is -2.34. The molecule has 0 saturated heterocycles. The van der Waals surface area contributed by atoms with Gasteiger partial charge in [0, 0.05) is 11.3 Å². The van der Waals surface area contributed by atoms with E-state index in [0.717, 1.165) is 24.8 Å². The Morgan fingerprint density at radius 1 is 1.08 bits per heavy atom. The van der Waals surface area contributed by atoms with Crippen molar-refractivity contribution in [2.24, 2.45) is 0 Å². The SMILES string of the molecule is CCS(=O)(=O)Nc1ccc(NC(=O)c2ccc3c(c2)CCC3)cc1C. The molecule has 5 nitrogen and oxygen atoms in total. The summed E-state index contributed by atoms with van der Waals surface area (Å²) in [4.78, 5) is 12.5. The van der Waals surface area contributed by atoms with Crippen LogP contribution in [0, 0.1) is 6.92 Å². The smallest absolute Gasteiger partial charge is 0.255 e. The predicted octanol–water partition coefficient (Wildman–Crippen LogP) is 3.50. The average molecular weight is 358 g/mol. The highest BCUT2D eigenvalue weighted by Crippen LogP contribution is 2.24. The van der Waals surface area contributed by atoms with Crippen molar-refractivity contribution in [3.8, 4) is 0 Å². The number of nitrogens with one attached hydrogen (secondary N) is 2. The van der Waals surface area contributed by atoms with Gasteiger partial charge >= 0.3 is 0 Å². The number of hydrogen-bond acceptors (Lipinski definition) is 3. The van der Waals surface area contributed by atoms with Crippen molar-refractivity contribution in [3.05, 3.63) is 58.7 Å². The molecule has 0 heterocycles. The Labute approximate surface area is 148 Å². The van der Waals surface area contributed by atoms with Gasteiger partial charge in [0.05, 0.1) is 11.4 Å². The second-order valence-electron chi connectivity index (χ2n) is 6.33. The van der Waals surface area contributed by atoms with Crippen molar-refractivity contribution < 1.29 is 13.2 Å². The van der Waals surface area contributed by atoms with Crippen molar-refractivity contribution in [1.29, 1.82) is 0 Å². The molecule has 0 saturated carbocycles.